The second kappa shape index (κ2) is 11.1. The number of H-pyrrole nitrogens is 2. The van der Waals surface area contributed by atoms with Gasteiger partial charge < -0.3 is 14.9 Å². The topological polar surface area (TPSA) is 115 Å². The predicted molar refractivity (Wildman–Crippen MR) is 170 cm³/mol. The smallest absolute Gasteiger partial charge is 0.294 e. The average molecular weight is 576 g/mol. The number of hydrogen-bond acceptors (Lipinski definition) is 5. The van der Waals surface area contributed by atoms with Crippen LogP contribution < -0.4 is 0 Å². The number of hydrogen-bond donors (Lipinski definition) is 3. The van der Waals surface area contributed by atoms with Gasteiger partial charge in [0.25, 0.3) is 10.1 Å². The van der Waals surface area contributed by atoms with Crippen LogP contribution in [0.2, 0.25) is 0 Å². The minimum absolute atomic E-state index is 0.0666. The number of nitrogens with zero attached hydrogens (tertiary/aromatic N) is 3. The van der Waals surface area contributed by atoms with Crippen molar-refractivity contribution < 1.29 is 13.0 Å². The lowest BCUT2D eigenvalue weighted by Crippen LogP contribution is -2.13. The van der Waals surface area contributed by atoms with Crippen molar-refractivity contribution in [3.63, 3.8) is 0 Å². The fraction of sp³-hybridized carbons (Fsp3) is 0.0909. The molecular formula is C33H29N5O3S. The molecule has 0 fully saturated rings. The minimum atomic E-state index is -4.02. The van der Waals surface area contributed by atoms with Gasteiger partial charge in [-0.15, -0.1) is 0 Å². The number of aromatic amines is 2. The van der Waals surface area contributed by atoms with Gasteiger partial charge in [0.05, 0.1) is 27.7 Å². The third-order valence-corrected chi connectivity index (χ3v) is 7.77. The number of rotatable bonds is 2. The molecule has 1 aromatic carbocycles. The lowest BCUT2D eigenvalue weighted by molar-refractivity contribution is 0.483. The Morgan fingerprint density at radius 1 is 0.738 bits per heavy atom. The van der Waals surface area contributed by atoms with Gasteiger partial charge in [-0.3, -0.25) is 4.55 Å². The maximum absolute atomic E-state index is 10.5. The maximum Gasteiger partial charge on any atom is 0.294 e. The largest absolute Gasteiger partial charge is 0.377 e. The fourth-order valence-corrected chi connectivity index (χ4v) is 5.23. The van der Waals surface area contributed by atoms with E-state index in [1.807, 2.05) is 25.2 Å². The van der Waals surface area contributed by atoms with E-state index in [-0.39, 0.29) is 4.90 Å². The molecule has 9 heteroatoms. The monoisotopic (exact) mass is 575 g/mol. The van der Waals surface area contributed by atoms with Gasteiger partial charge in [-0.25, -0.2) is 9.97 Å². The first-order valence-corrected chi connectivity index (χ1v) is 14.8. The highest BCUT2D eigenvalue weighted by Crippen LogP contribution is 2.27. The van der Waals surface area contributed by atoms with Gasteiger partial charge in [-0.1, -0.05) is 23.8 Å². The molecule has 0 saturated carbocycles. The van der Waals surface area contributed by atoms with Gasteiger partial charge in [0.15, 0.2) is 0 Å². The Kier molecular flexibility index (Phi) is 7.20. The molecule has 3 aliphatic rings. The van der Waals surface area contributed by atoms with Crippen molar-refractivity contribution in [3.05, 3.63) is 119 Å². The zero-order valence-corrected chi connectivity index (χ0v) is 23.9. The Morgan fingerprint density at radius 3 is 1.86 bits per heavy atom. The second-order valence-corrected chi connectivity index (χ2v) is 11.7. The van der Waals surface area contributed by atoms with Gasteiger partial charge in [-0.2, -0.15) is 8.42 Å². The van der Waals surface area contributed by atoms with Crippen molar-refractivity contribution in [3.8, 4) is 0 Å². The summed E-state index contributed by atoms with van der Waals surface area (Å²) in [6, 6.07) is 20.6. The highest BCUT2D eigenvalue weighted by atomic mass is 32.2. The Bertz CT molecular complexity index is 2060. The summed E-state index contributed by atoms with van der Waals surface area (Å²) in [6.07, 6.45) is 14.7. The van der Waals surface area contributed by atoms with E-state index in [0.717, 1.165) is 57.0 Å². The molecule has 210 valence electrons. The van der Waals surface area contributed by atoms with E-state index in [1.165, 1.54) is 23.3 Å². The first-order valence-electron chi connectivity index (χ1n) is 13.4. The molecular weight excluding hydrogens is 546 g/mol. The Morgan fingerprint density at radius 2 is 1.31 bits per heavy atom. The number of allylic oxidation sites excluding steroid dienone is 2. The van der Waals surface area contributed by atoms with E-state index in [9.17, 15) is 8.42 Å². The zero-order valence-electron chi connectivity index (χ0n) is 23.1. The van der Waals surface area contributed by atoms with Crippen molar-refractivity contribution in [2.45, 2.75) is 11.8 Å². The molecule has 3 N–H and O–H groups in total. The Balaban J connectivity index is 0.000000244. The first kappa shape index (κ1) is 27.2. The summed E-state index contributed by atoms with van der Waals surface area (Å²) < 4.78 is 29.6. The van der Waals surface area contributed by atoms with Crippen LogP contribution in [0.3, 0.4) is 0 Å². The van der Waals surface area contributed by atoms with Crippen LogP contribution in [0.5, 0.6) is 0 Å². The summed E-state index contributed by atoms with van der Waals surface area (Å²) >= 11 is 0. The number of aromatic nitrogens is 4. The van der Waals surface area contributed by atoms with Crippen LogP contribution in [-0.2, 0) is 10.1 Å². The minimum Gasteiger partial charge on any atom is -0.377 e. The summed E-state index contributed by atoms with van der Waals surface area (Å²) in [5.74, 6) is 0. The highest BCUT2D eigenvalue weighted by molar-refractivity contribution is 7.85. The molecule has 0 unspecified atom stereocenters. The second-order valence-electron chi connectivity index (χ2n) is 10.3. The fourth-order valence-electron chi connectivity index (χ4n) is 4.75. The maximum atomic E-state index is 10.5. The van der Waals surface area contributed by atoms with Crippen molar-refractivity contribution in [2.24, 2.45) is 0 Å². The lowest BCUT2D eigenvalue weighted by Gasteiger charge is -2.16. The lowest BCUT2D eigenvalue weighted by atomic mass is 10.0. The molecule has 8 bridgehead atoms. The van der Waals surface area contributed by atoms with E-state index < -0.39 is 10.1 Å². The molecule has 3 aromatic heterocycles. The number of benzene rings is 1. The molecule has 3 aliphatic heterocycles. The zero-order chi connectivity index (χ0) is 29.3. The van der Waals surface area contributed by atoms with Crippen LogP contribution in [0, 0.1) is 6.92 Å². The van der Waals surface area contributed by atoms with Crippen LogP contribution >= 0.6 is 0 Å². The third-order valence-electron chi connectivity index (χ3n) is 6.91. The predicted octanol–water partition coefficient (Wildman–Crippen LogP) is 6.74. The van der Waals surface area contributed by atoms with E-state index in [1.54, 1.807) is 12.1 Å². The molecule has 4 aromatic rings. The standard InChI is InChI=1S/C26H21N5.C7H8O3S/c1-31-10-8-17(9-11-31)25-15-24-14-22-5-4-20(28-22)12-18-2-3-19(27-18)13-21-6-7-23(29-21)16-26(25)30-24;1-6-2-4-7(5-3-6)11(8,9)10/h2-10,12-16,27,30H,11H2,1H3;2-5H,1H3,(H,8,9,10). The van der Waals surface area contributed by atoms with Gasteiger partial charge in [-0.05, 0) is 104 Å². The summed E-state index contributed by atoms with van der Waals surface area (Å²) in [5, 5.41) is 0. The van der Waals surface area contributed by atoms with E-state index >= 15 is 0 Å². The summed E-state index contributed by atoms with van der Waals surface area (Å²) in [7, 11) is -1.94. The Hall–Kier alpha value is -4.99. The number of fused-ring (bicyclic) bond motifs is 8. The summed E-state index contributed by atoms with van der Waals surface area (Å²) in [6.45, 7) is 2.73. The van der Waals surface area contributed by atoms with Crippen molar-refractivity contribution in [1.82, 2.24) is 24.8 Å². The normalized spacial score (nSPS) is 14.0. The van der Waals surface area contributed by atoms with Gasteiger partial charge in [0, 0.05) is 41.2 Å². The molecule has 6 heterocycles. The number of aryl methyl sites for hydroxylation is 1. The molecule has 8 nitrogen and oxygen atoms in total. The van der Waals surface area contributed by atoms with Gasteiger partial charge >= 0.3 is 0 Å². The Labute approximate surface area is 243 Å². The molecule has 0 aliphatic carbocycles. The summed E-state index contributed by atoms with van der Waals surface area (Å²) in [4.78, 5) is 18.6. The third kappa shape index (κ3) is 6.33. The average Bonchev–Trinajstić information content (AvgIpc) is 3.75. The van der Waals surface area contributed by atoms with E-state index in [2.05, 4.69) is 88.8 Å². The quantitative estimate of drug-likeness (QED) is 0.197. The molecule has 0 atom stereocenters. The number of nitrogens with one attached hydrogen (secondary N) is 2. The first-order chi connectivity index (χ1) is 20.2. The highest BCUT2D eigenvalue weighted by Gasteiger charge is 2.10. The van der Waals surface area contributed by atoms with Crippen LogP contribution in [0.4, 0.5) is 0 Å². The van der Waals surface area contributed by atoms with Crippen LogP contribution in [0.25, 0.3) is 51.9 Å². The van der Waals surface area contributed by atoms with Crippen molar-refractivity contribution in [1.29, 1.82) is 0 Å². The van der Waals surface area contributed by atoms with E-state index in [4.69, 9.17) is 14.5 Å². The SMILES string of the molecule is CN1C=CC(c2cc3cc4nc(cc5ccc(cc6nc(cc2[nH]3)C=C6)[nH]5)C=C4)=CC1.Cc1ccc(S(=O)(=O)O)cc1. The van der Waals surface area contributed by atoms with Crippen LogP contribution in [0.15, 0.2) is 90.0 Å². The molecule has 0 spiro atoms. The van der Waals surface area contributed by atoms with Crippen LogP contribution in [0.1, 0.15) is 33.9 Å². The molecule has 0 amide bonds. The number of likely N-dealkylation sites (N-methyl/N-ethyl adjacent to an activating group) is 1. The molecule has 7 rings (SSSR count). The van der Waals surface area contributed by atoms with Gasteiger partial charge in [0.2, 0.25) is 0 Å². The molecule has 0 saturated heterocycles. The van der Waals surface area contributed by atoms with E-state index in [0.29, 0.717) is 0 Å². The molecule has 0 radical (unpaired) electrons. The van der Waals surface area contributed by atoms with Crippen LogP contribution in [-0.4, -0.2) is 51.4 Å². The summed E-state index contributed by atoms with van der Waals surface area (Å²) in [5.41, 5.74) is 11.2. The molecule has 42 heavy (non-hydrogen) atoms. The van der Waals surface area contributed by atoms with Crippen molar-refractivity contribution >= 4 is 62.1 Å². The van der Waals surface area contributed by atoms with Gasteiger partial charge in [0.1, 0.15) is 0 Å². The van der Waals surface area contributed by atoms with Crippen molar-refractivity contribution in [2.75, 3.05) is 13.6 Å².